The summed E-state index contributed by atoms with van der Waals surface area (Å²) in [4.78, 5) is 0. The lowest BCUT2D eigenvalue weighted by Crippen LogP contribution is -2.44. The van der Waals surface area contributed by atoms with Crippen LogP contribution in [0.25, 0.3) is 0 Å². The molecule has 1 heterocycles. The fourth-order valence-corrected chi connectivity index (χ4v) is 3.40. The summed E-state index contributed by atoms with van der Waals surface area (Å²) >= 11 is 0. The number of nitrogens with one attached hydrogen (secondary N) is 1. The van der Waals surface area contributed by atoms with Crippen LogP contribution >= 0.6 is 0 Å². The van der Waals surface area contributed by atoms with Gasteiger partial charge in [0.2, 0.25) is 0 Å². The topological polar surface area (TPSA) is 39.7 Å². The summed E-state index contributed by atoms with van der Waals surface area (Å²) in [5.41, 5.74) is 2.67. The molecule has 2 aliphatic rings. The molecule has 1 fully saturated rings. The molecule has 2 unspecified atom stereocenters. The van der Waals surface area contributed by atoms with E-state index in [0.717, 1.165) is 31.7 Å². The van der Waals surface area contributed by atoms with Crippen molar-refractivity contribution in [1.82, 2.24) is 5.32 Å². The first-order valence-corrected chi connectivity index (χ1v) is 7.79. The molecule has 0 bridgehead atoms. The SMILES string of the molecule is COc1ccc2c(c1)CCCC2NCC1(OC)CCOC1. The van der Waals surface area contributed by atoms with Crippen molar-refractivity contribution < 1.29 is 14.2 Å². The van der Waals surface area contributed by atoms with Gasteiger partial charge in [-0.15, -0.1) is 0 Å². The van der Waals surface area contributed by atoms with Crippen molar-refractivity contribution in [2.75, 3.05) is 34.0 Å². The van der Waals surface area contributed by atoms with Crippen LogP contribution in [0.2, 0.25) is 0 Å². The van der Waals surface area contributed by atoms with E-state index in [0.29, 0.717) is 12.6 Å². The predicted octanol–water partition coefficient (Wildman–Crippen LogP) is 2.47. The smallest absolute Gasteiger partial charge is 0.119 e. The molecule has 116 valence electrons. The van der Waals surface area contributed by atoms with E-state index in [1.165, 1.54) is 24.0 Å². The van der Waals surface area contributed by atoms with E-state index in [1.54, 1.807) is 14.2 Å². The molecule has 1 aliphatic carbocycles. The van der Waals surface area contributed by atoms with Crippen molar-refractivity contribution in [3.8, 4) is 5.75 Å². The zero-order valence-corrected chi connectivity index (χ0v) is 13.0. The number of hydrogen-bond acceptors (Lipinski definition) is 4. The zero-order chi connectivity index (χ0) is 14.7. The van der Waals surface area contributed by atoms with Crippen LogP contribution in [0, 0.1) is 0 Å². The first-order valence-electron chi connectivity index (χ1n) is 7.79. The van der Waals surface area contributed by atoms with E-state index >= 15 is 0 Å². The van der Waals surface area contributed by atoms with Gasteiger partial charge in [0.25, 0.3) is 0 Å². The van der Waals surface area contributed by atoms with Crippen LogP contribution in [0.15, 0.2) is 18.2 Å². The van der Waals surface area contributed by atoms with Crippen LogP contribution in [0.3, 0.4) is 0 Å². The van der Waals surface area contributed by atoms with E-state index in [9.17, 15) is 0 Å². The van der Waals surface area contributed by atoms with E-state index in [4.69, 9.17) is 14.2 Å². The predicted molar refractivity (Wildman–Crippen MR) is 81.9 cm³/mol. The van der Waals surface area contributed by atoms with Crippen molar-refractivity contribution >= 4 is 0 Å². The Morgan fingerprint density at radius 3 is 3.00 bits per heavy atom. The minimum absolute atomic E-state index is 0.149. The highest BCUT2D eigenvalue weighted by molar-refractivity contribution is 5.39. The van der Waals surface area contributed by atoms with E-state index in [2.05, 4.69) is 23.5 Å². The van der Waals surface area contributed by atoms with Crippen molar-refractivity contribution in [3.05, 3.63) is 29.3 Å². The molecule has 4 heteroatoms. The van der Waals surface area contributed by atoms with Gasteiger partial charge in [-0.05, 0) is 42.5 Å². The summed E-state index contributed by atoms with van der Waals surface area (Å²) in [6.45, 7) is 2.34. The van der Waals surface area contributed by atoms with Crippen molar-refractivity contribution in [1.29, 1.82) is 0 Å². The monoisotopic (exact) mass is 291 g/mol. The Morgan fingerprint density at radius 2 is 2.29 bits per heavy atom. The molecule has 0 amide bonds. The second kappa shape index (κ2) is 6.34. The average Bonchev–Trinajstić information content (AvgIpc) is 3.01. The van der Waals surface area contributed by atoms with Crippen LogP contribution in [0.4, 0.5) is 0 Å². The molecule has 1 aliphatic heterocycles. The Kier molecular flexibility index (Phi) is 4.48. The highest BCUT2D eigenvalue weighted by Crippen LogP contribution is 2.33. The van der Waals surface area contributed by atoms with Crippen LogP contribution in [-0.4, -0.2) is 39.6 Å². The molecule has 4 nitrogen and oxygen atoms in total. The number of fused-ring (bicyclic) bond motifs is 1. The Hall–Kier alpha value is -1.10. The molecule has 0 radical (unpaired) electrons. The lowest BCUT2D eigenvalue weighted by molar-refractivity contribution is -0.0178. The third-order valence-corrected chi connectivity index (χ3v) is 4.84. The minimum atomic E-state index is -0.149. The number of benzene rings is 1. The van der Waals surface area contributed by atoms with E-state index in [-0.39, 0.29) is 5.60 Å². The maximum atomic E-state index is 5.71. The second-order valence-corrected chi connectivity index (χ2v) is 6.08. The van der Waals surface area contributed by atoms with Gasteiger partial charge in [-0.3, -0.25) is 0 Å². The van der Waals surface area contributed by atoms with E-state index in [1.807, 2.05) is 0 Å². The third-order valence-electron chi connectivity index (χ3n) is 4.84. The number of hydrogen-bond donors (Lipinski definition) is 1. The highest BCUT2D eigenvalue weighted by atomic mass is 16.5. The molecule has 21 heavy (non-hydrogen) atoms. The summed E-state index contributed by atoms with van der Waals surface area (Å²) in [7, 11) is 3.51. The number of aryl methyl sites for hydroxylation is 1. The maximum absolute atomic E-state index is 5.71. The van der Waals surface area contributed by atoms with Crippen molar-refractivity contribution in [2.24, 2.45) is 0 Å². The minimum Gasteiger partial charge on any atom is -0.497 e. The lowest BCUT2D eigenvalue weighted by Gasteiger charge is -2.32. The molecule has 0 aromatic heterocycles. The van der Waals surface area contributed by atoms with Gasteiger partial charge in [0.15, 0.2) is 0 Å². The van der Waals surface area contributed by atoms with Gasteiger partial charge in [0, 0.05) is 32.7 Å². The molecule has 0 saturated carbocycles. The average molecular weight is 291 g/mol. The molecule has 1 N–H and O–H groups in total. The first-order chi connectivity index (χ1) is 10.3. The summed E-state index contributed by atoms with van der Waals surface area (Å²) < 4.78 is 16.5. The summed E-state index contributed by atoms with van der Waals surface area (Å²) in [6, 6.07) is 6.85. The Morgan fingerprint density at radius 1 is 1.38 bits per heavy atom. The van der Waals surface area contributed by atoms with Gasteiger partial charge in [0.05, 0.1) is 13.7 Å². The fourth-order valence-electron chi connectivity index (χ4n) is 3.40. The molecule has 2 atom stereocenters. The maximum Gasteiger partial charge on any atom is 0.119 e. The summed E-state index contributed by atoms with van der Waals surface area (Å²) in [5, 5.41) is 3.70. The fraction of sp³-hybridized carbons (Fsp3) is 0.647. The Labute approximate surface area is 126 Å². The van der Waals surface area contributed by atoms with Crippen LogP contribution < -0.4 is 10.1 Å². The van der Waals surface area contributed by atoms with Crippen LogP contribution in [0.5, 0.6) is 5.75 Å². The first kappa shape index (κ1) is 14.8. The number of rotatable bonds is 5. The normalized spacial score (nSPS) is 28.4. The largest absolute Gasteiger partial charge is 0.497 e. The molecular formula is C17H25NO3. The molecular weight excluding hydrogens is 266 g/mol. The lowest BCUT2D eigenvalue weighted by atomic mass is 9.87. The van der Waals surface area contributed by atoms with Gasteiger partial charge >= 0.3 is 0 Å². The standard InChI is InChI=1S/C17H25NO3/c1-19-14-6-7-15-13(10-14)4-3-5-16(15)18-11-17(20-2)8-9-21-12-17/h6-7,10,16,18H,3-5,8-9,11-12H2,1-2H3. The Bertz CT molecular complexity index is 483. The number of ether oxygens (including phenoxy) is 3. The summed E-state index contributed by atoms with van der Waals surface area (Å²) in [6.07, 6.45) is 4.51. The van der Waals surface area contributed by atoms with Gasteiger partial charge < -0.3 is 19.5 Å². The third kappa shape index (κ3) is 3.07. The second-order valence-electron chi connectivity index (χ2n) is 6.08. The van der Waals surface area contributed by atoms with Gasteiger partial charge in [-0.1, -0.05) is 6.07 Å². The van der Waals surface area contributed by atoms with Gasteiger partial charge in [-0.25, -0.2) is 0 Å². The molecule has 3 rings (SSSR count). The summed E-state index contributed by atoms with van der Waals surface area (Å²) in [5.74, 6) is 0.951. The number of methoxy groups -OCH3 is 2. The van der Waals surface area contributed by atoms with Crippen LogP contribution in [0.1, 0.15) is 36.4 Å². The quantitative estimate of drug-likeness (QED) is 0.904. The molecule has 1 aromatic carbocycles. The van der Waals surface area contributed by atoms with Crippen molar-refractivity contribution in [3.63, 3.8) is 0 Å². The van der Waals surface area contributed by atoms with Gasteiger partial charge in [0.1, 0.15) is 11.4 Å². The Balaban J connectivity index is 1.70. The molecule has 1 aromatic rings. The van der Waals surface area contributed by atoms with Crippen molar-refractivity contribution in [2.45, 2.75) is 37.3 Å². The molecule has 0 spiro atoms. The van der Waals surface area contributed by atoms with Gasteiger partial charge in [-0.2, -0.15) is 0 Å². The van der Waals surface area contributed by atoms with E-state index < -0.39 is 0 Å². The molecule has 1 saturated heterocycles. The van der Waals surface area contributed by atoms with Crippen LogP contribution in [-0.2, 0) is 15.9 Å². The zero-order valence-electron chi connectivity index (χ0n) is 13.0. The highest BCUT2D eigenvalue weighted by Gasteiger charge is 2.35.